The lowest BCUT2D eigenvalue weighted by Gasteiger charge is -2.21. The third-order valence-corrected chi connectivity index (χ3v) is 3.20. The van der Waals surface area contributed by atoms with E-state index in [2.05, 4.69) is 0 Å². The third-order valence-electron chi connectivity index (χ3n) is 2.46. The van der Waals surface area contributed by atoms with Crippen LogP contribution in [0.2, 0.25) is 10.0 Å². The van der Waals surface area contributed by atoms with Gasteiger partial charge < -0.3 is 10.8 Å². The van der Waals surface area contributed by atoms with Crippen LogP contribution < -0.4 is 5.73 Å². The minimum Gasteiger partial charge on any atom is -0.391 e. The van der Waals surface area contributed by atoms with Crippen LogP contribution in [0.1, 0.15) is 31.9 Å². The van der Waals surface area contributed by atoms with Crippen molar-refractivity contribution in [2.45, 2.75) is 32.4 Å². The normalized spacial score (nSPS) is 14.3. The Labute approximate surface area is 119 Å². The summed E-state index contributed by atoms with van der Waals surface area (Å²) < 4.78 is 0. The van der Waals surface area contributed by atoms with E-state index < -0.39 is 12.1 Å². The van der Waals surface area contributed by atoms with Crippen molar-refractivity contribution in [3.05, 3.63) is 33.8 Å². The van der Waals surface area contributed by atoms with Gasteiger partial charge in [0.15, 0.2) is 0 Å². The average Bonchev–Trinajstić information content (AvgIpc) is 2.20. The van der Waals surface area contributed by atoms with Gasteiger partial charge in [-0.3, -0.25) is 0 Å². The maximum atomic E-state index is 9.90. The summed E-state index contributed by atoms with van der Waals surface area (Å²) in [6.07, 6.45) is 0.110. The van der Waals surface area contributed by atoms with E-state index in [1.165, 1.54) is 0 Å². The highest BCUT2D eigenvalue weighted by atomic mass is 35.5. The van der Waals surface area contributed by atoms with Gasteiger partial charge in [0.1, 0.15) is 0 Å². The van der Waals surface area contributed by atoms with Gasteiger partial charge in [-0.1, -0.05) is 43.1 Å². The topological polar surface area (TPSA) is 46.2 Å². The number of aliphatic hydroxyl groups is 1. The van der Waals surface area contributed by atoms with Crippen molar-refractivity contribution in [1.82, 2.24) is 0 Å². The highest BCUT2D eigenvalue weighted by molar-refractivity contribution is 6.42. The smallest absolute Gasteiger partial charge is 0.0735 e. The first-order valence-corrected chi connectivity index (χ1v) is 6.06. The van der Waals surface area contributed by atoms with Crippen LogP contribution in [0, 0.1) is 5.92 Å². The van der Waals surface area contributed by atoms with E-state index in [1.54, 1.807) is 18.2 Å². The number of benzene rings is 1. The minimum atomic E-state index is -0.558. The van der Waals surface area contributed by atoms with Crippen molar-refractivity contribution in [1.29, 1.82) is 0 Å². The van der Waals surface area contributed by atoms with E-state index in [9.17, 15) is 5.11 Å². The van der Waals surface area contributed by atoms with Crippen LogP contribution in [-0.4, -0.2) is 11.2 Å². The Morgan fingerprint density at radius 3 is 2.29 bits per heavy atom. The SMILES string of the molecule is CC(C)C[C@@H](O)[C@@H](N)c1ccc(Cl)c(Cl)c1.Cl. The van der Waals surface area contributed by atoms with Crippen molar-refractivity contribution >= 4 is 35.6 Å². The first kappa shape index (κ1) is 17.0. The van der Waals surface area contributed by atoms with Crippen molar-refractivity contribution < 1.29 is 5.11 Å². The molecule has 2 atom stereocenters. The van der Waals surface area contributed by atoms with Gasteiger partial charge in [0.2, 0.25) is 0 Å². The molecule has 2 nitrogen and oxygen atoms in total. The van der Waals surface area contributed by atoms with E-state index in [1.807, 2.05) is 13.8 Å². The summed E-state index contributed by atoms with van der Waals surface area (Å²) in [5, 5.41) is 10.9. The monoisotopic (exact) mass is 297 g/mol. The van der Waals surface area contributed by atoms with Gasteiger partial charge >= 0.3 is 0 Å². The molecule has 0 saturated carbocycles. The predicted octanol–water partition coefficient (Wildman–Crippen LogP) is 3.82. The van der Waals surface area contributed by atoms with E-state index in [0.717, 1.165) is 5.56 Å². The van der Waals surface area contributed by atoms with Gasteiger partial charge in [0.25, 0.3) is 0 Å². The number of halogens is 3. The zero-order valence-electron chi connectivity index (χ0n) is 9.86. The van der Waals surface area contributed by atoms with E-state index in [0.29, 0.717) is 22.4 Å². The molecule has 98 valence electrons. The van der Waals surface area contributed by atoms with E-state index >= 15 is 0 Å². The zero-order chi connectivity index (χ0) is 12.3. The van der Waals surface area contributed by atoms with Crippen LogP contribution in [0.3, 0.4) is 0 Å². The molecule has 1 aromatic rings. The first-order valence-electron chi connectivity index (χ1n) is 5.30. The summed E-state index contributed by atoms with van der Waals surface area (Å²) in [4.78, 5) is 0. The number of hydrogen-bond donors (Lipinski definition) is 2. The summed E-state index contributed by atoms with van der Waals surface area (Å²) in [7, 11) is 0. The van der Waals surface area contributed by atoms with Gasteiger partial charge in [-0.2, -0.15) is 0 Å². The fraction of sp³-hybridized carbons (Fsp3) is 0.500. The molecule has 0 unspecified atom stereocenters. The van der Waals surface area contributed by atoms with Crippen molar-refractivity contribution in [3.63, 3.8) is 0 Å². The van der Waals surface area contributed by atoms with Gasteiger partial charge in [0.05, 0.1) is 22.2 Å². The Morgan fingerprint density at radius 1 is 1.24 bits per heavy atom. The molecule has 0 amide bonds. The molecule has 0 spiro atoms. The Bertz CT molecular complexity index is 358. The molecular formula is C12H18Cl3NO. The molecule has 0 aliphatic carbocycles. The molecule has 1 rings (SSSR count). The maximum Gasteiger partial charge on any atom is 0.0735 e. The number of aliphatic hydroxyl groups excluding tert-OH is 1. The number of hydrogen-bond acceptors (Lipinski definition) is 2. The Balaban J connectivity index is 0.00000256. The second-order valence-corrected chi connectivity index (χ2v) is 5.21. The van der Waals surface area contributed by atoms with E-state index in [4.69, 9.17) is 28.9 Å². The highest BCUT2D eigenvalue weighted by Crippen LogP contribution is 2.27. The van der Waals surface area contributed by atoms with Gasteiger partial charge in [-0.25, -0.2) is 0 Å². The molecule has 0 aliphatic rings. The average molecular weight is 299 g/mol. The molecule has 0 aromatic heterocycles. The summed E-state index contributed by atoms with van der Waals surface area (Å²) in [6, 6.07) is 4.78. The van der Waals surface area contributed by atoms with Crippen LogP contribution in [0.5, 0.6) is 0 Å². The fourth-order valence-corrected chi connectivity index (χ4v) is 1.88. The molecule has 5 heteroatoms. The maximum absolute atomic E-state index is 9.90. The van der Waals surface area contributed by atoms with Crippen LogP contribution in [0.4, 0.5) is 0 Å². The second-order valence-electron chi connectivity index (χ2n) is 4.40. The molecule has 0 saturated heterocycles. The lowest BCUT2D eigenvalue weighted by Crippen LogP contribution is -2.27. The molecule has 3 N–H and O–H groups in total. The second kappa shape index (κ2) is 7.45. The molecule has 0 fully saturated rings. The van der Waals surface area contributed by atoms with Gasteiger partial charge in [0, 0.05) is 0 Å². The molecule has 0 aliphatic heterocycles. The van der Waals surface area contributed by atoms with Crippen molar-refractivity contribution in [2.24, 2.45) is 11.7 Å². The molecule has 17 heavy (non-hydrogen) atoms. The molecule has 0 bridgehead atoms. The zero-order valence-corrected chi connectivity index (χ0v) is 12.2. The highest BCUT2D eigenvalue weighted by Gasteiger charge is 2.18. The lowest BCUT2D eigenvalue weighted by molar-refractivity contribution is 0.121. The predicted molar refractivity (Wildman–Crippen MR) is 76.1 cm³/mol. The van der Waals surface area contributed by atoms with Crippen LogP contribution in [-0.2, 0) is 0 Å². The van der Waals surface area contributed by atoms with E-state index in [-0.39, 0.29) is 12.4 Å². The summed E-state index contributed by atoms with van der Waals surface area (Å²) in [5.74, 6) is 0.406. The molecule has 1 aromatic carbocycles. The van der Waals surface area contributed by atoms with Crippen LogP contribution in [0.25, 0.3) is 0 Å². The number of nitrogens with two attached hydrogens (primary N) is 1. The summed E-state index contributed by atoms with van der Waals surface area (Å²) >= 11 is 11.7. The Kier molecular flexibility index (Phi) is 7.45. The largest absolute Gasteiger partial charge is 0.391 e. The van der Waals surface area contributed by atoms with Crippen molar-refractivity contribution in [3.8, 4) is 0 Å². The van der Waals surface area contributed by atoms with Gasteiger partial charge in [-0.05, 0) is 30.0 Å². The van der Waals surface area contributed by atoms with Crippen LogP contribution >= 0.6 is 35.6 Å². The summed E-state index contributed by atoms with van der Waals surface area (Å²) in [6.45, 7) is 4.09. The molecule has 0 heterocycles. The lowest BCUT2D eigenvalue weighted by atomic mass is 9.95. The Hall–Kier alpha value is 0.01000. The minimum absolute atomic E-state index is 0. The standard InChI is InChI=1S/C12H17Cl2NO.ClH/c1-7(2)5-11(16)12(15)8-3-4-9(13)10(14)6-8;/h3-4,6-7,11-12,16H,5,15H2,1-2H3;1H/t11-,12+;/m1./s1. The number of rotatable bonds is 4. The van der Waals surface area contributed by atoms with Crippen molar-refractivity contribution in [2.75, 3.05) is 0 Å². The fourth-order valence-electron chi connectivity index (χ4n) is 1.57. The Morgan fingerprint density at radius 2 is 1.82 bits per heavy atom. The molecule has 0 radical (unpaired) electrons. The quantitative estimate of drug-likeness (QED) is 0.887. The first-order chi connectivity index (χ1) is 7.41. The van der Waals surface area contributed by atoms with Gasteiger partial charge in [-0.15, -0.1) is 12.4 Å². The molecular weight excluding hydrogens is 280 g/mol. The third kappa shape index (κ3) is 5.02. The summed E-state index contributed by atoms with van der Waals surface area (Å²) in [5.41, 5.74) is 6.76. The van der Waals surface area contributed by atoms with Crippen LogP contribution in [0.15, 0.2) is 18.2 Å².